The number of fused-ring (bicyclic) bond motifs is 2. The van der Waals surface area contributed by atoms with Gasteiger partial charge in [0.1, 0.15) is 5.54 Å². The van der Waals surface area contributed by atoms with Crippen molar-refractivity contribution in [2.24, 2.45) is 0 Å². The van der Waals surface area contributed by atoms with Crippen molar-refractivity contribution in [1.29, 1.82) is 0 Å². The lowest BCUT2D eigenvalue weighted by Gasteiger charge is -2.50. The lowest BCUT2D eigenvalue weighted by atomic mass is 9.63. The number of nitrogens with one attached hydrogen (secondary N) is 1. The largest absolute Gasteiger partial charge is 0.354 e. The molecule has 2 aliphatic rings. The molecule has 0 aliphatic heterocycles. The van der Waals surface area contributed by atoms with Crippen LogP contribution >= 0.6 is 0 Å². The van der Waals surface area contributed by atoms with Crippen molar-refractivity contribution in [3.63, 3.8) is 0 Å². The van der Waals surface area contributed by atoms with Gasteiger partial charge in [-0.3, -0.25) is 9.59 Å². The summed E-state index contributed by atoms with van der Waals surface area (Å²) in [4.78, 5) is 33.4. The summed E-state index contributed by atoms with van der Waals surface area (Å²) in [6.07, 6.45) is 52.1. The van der Waals surface area contributed by atoms with Gasteiger partial charge in [0.25, 0.3) is 0 Å². The fraction of sp³-hybridized carbons (Fsp3) is 0.750. The van der Waals surface area contributed by atoms with E-state index in [1.807, 2.05) is 0 Å². The first-order valence-corrected chi connectivity index (χ1v) is 26.2. The lowest BCUT2D eigenvalue weighted by molar-refractivity contribution is -0.152. The number of hydrogen-bond donors (Lipinski definition) is 1. The molecule has 5 nitrogen and oxygen atoms in total. The molecular formula is C56H95N3O2. The number of aryl methyl sites for hydroxylation is 1. The Kier molecular flexibility index (Phi) is 28.4. The first-order chi connectivity index (χ1) is 29.9. The van der Waals surface area contributed by atoms with Crippen molar-refractivity contribution >= 4 is 11.8 Å². The van der Waals surface area contributed by atoms with Gasteiger partial charge in [-0.2, -0.15) is 0 Å². The van der Waals surface area contributed by atoms with Gasteiger partial charge in [-0.1, -0.05) is 164 Å². The Bertz CT molecular complexity index is 1370. The summed E-state index contributed by atoms with van der Waals surface area (Å²) < 4.78 is 0. The van der Waals surface area contributed by atoms with Gasteiger partial charge in [0.05, 0.1) is 0 Å². The molecule has 5 heteroatoms. The number of unbranched alkanes of at least 4 members (excludes halogenated alkanes) is 20. The maximum atomic E-state index is 14.7. The van der Waals surface area contributed by atoms with Crippen LogP contribution < -0.4 is 5.32 Å². The first-order valence-electron chi connectivity index (χ1n) is 26.2. The summed E-state index contributed by atoms with van der Waals surface area (Å²) in [6.45, 7) is 6.82. The maximum Gasteiger partial charge on any atom is 0.245 e. The molecule has 0 atom stereocenters. The van der Waals surface area contributed by atoms with Crippen molar-refractivity contribution in [3.8, 4) is 0 Å². The molecule has 2 amide bonds. The van der Waals surface area contributed by atoms with E-state index >= 15 is 0 Å². The first kappa shape index (κ1) is 52.7. The van der Waals surface area contributed by atoms with Crippen LogP contribution in [0.2, 0.25) is 0 Å². The molecule has 1 aromatic carbocycles. The molecule has 3 rings (SSSR count). The Hall–Kier alpha value is -2.66. The molecule has 2 aliphatic carbocycles. The third-order valence-corrected chi connectivity index (χ3v) is 14.0. The minimum atomic E-state index is -0.758. The topological polar surface area (TPSA) is 52.7 Å². The Morgan fingerprint density at radius 3 is 1.69 bits per heavy atom. The second kappa shape index (κ2) is 32.9. The van der Waals surface area contributed by atoms with Crippen molar-refractivity contribution in [1.82, 2.24) is 15.1 Å². The van der Waals surface area contributed by atoms with Gasteiger partial charge in [-0.25, -0.2) is 0 Å². The molecule has 0 saturated heterocycles. The van der Waals surface area contributed by atoms with Gasteiger partial charge in [0.15, 0.2) is 0 Å². The van der Waals surface area contributed by atoms with E-state index in [-0.39, 0.29) is 17.2 Å². The number of allylic oxidation sites excluding steroid dienone is 6. The summed E-state index contributed by atoms with van der Waals surface area (Å²) in [6, 6.07) is 9.01. The average molecular weight is 842 g/mol. The van der Waals surface area contributed by atoms with Gasteiger partial charge in [-0.15, -0.1) is 0 Å². The minimum absolute atomic E-state index is 0.111. The average Bonchev–Trinajstić information content (AvgIpc) is 3.62. The Balaban J connectivity index is 1.49. The monoisotopic (exact) mass is 842 g/mol. The summed E-state index contributed by atoms with van der Waals surface area (Å²) in [5.74, 6) is 0.305. The van der Waals surface area contributed by atoms with Crippen molar-refractivity contribution in [2.75, 3.05) is 33.7 Å². The smallest absolute Gasteiger partial charge is 0.245 e. The fourth-order valence-corrected chi connectivity index (χ4v) is 10.1. The number of carbonyl (C=O) groups excluding carboxylic acids is 2. The van der Waals surface area contributed by atoms with Crippen LogP contribution in [0, 0.1) is 0 Å². The minimum Gasteiger partial charge on any atom is -0.354 e. The molecule has 346 valence electrons. The zero-order valence-electron chi connectivity index (χ0n) is 40.4. The zero-order chi connectivity index (χ0) is 43.7. The number of amides is 2. The third kappa shape index (κ3) is 20.6. The number of benzene rings is 1. The predicted molar refractivity (Wildman–Crippen MR) is 264 cm³/mol. The molecular weight excluding hydrogens is 747 g/mol. The number of hydrogen-bond acceptors (Lipinski definition) is 3. The Morgan fingerprint density at radius 1 is 0.574 bits per heavy atom. The predicted octanol–water partition coefficient (Wildman–Crippen LogP) is 14.9. The molecule has 0 aromatic heterocycles. The van der Waals surface area contributed by atoms with Gasteiger partial charge in [0, 0.05) is 19.5 Å². The van der Waals surface area contributed by atoms with E-state index in [4.69, 9.17) is 0 Å². The maximum absolute atomic E-state index is 14.7. The van der Waals surface area contributed by atoms with E-state index in [2.05, 4.69) is 104 Å². The highest BCUT2D eigenvalue weighted by molar-refractivity contribution is 5.91. The van der Waals surface area contributed by atoms with Gasteiger partial charge in [-0.05, 0) is 153 Å². The summed E-state index contributed by atoms with van der Waals surface area (Å²) in [5.41, 5.74) is 2.37. The molecule has 1 fully saturated rings. The summed E-state index contributed by atoms with van der Waals surface area (Å²) >= 11 is 0. The third-order valence-electron chi connectivity index (χ3n) is 14.0. The zero-order valence-corrected chi connectivity index (χ0v) is 40.4. The van der Waals surface area contributed by atoms with E-state index < -0.39 is 5.54 Å². The standard InChI is InChI=1S/C56H95N3O2/c1-5-7-9-11-13-15-17-19-21-23-25-27-29-31-33-37-48-57-54(61)56(46-44-55(45-47-56)43-42-51-39-35-36-40-52(51)55)59(50-38-49-58(3)4)53(60)41-34-32-30-28-26-24-22-20-18-16-14-12-10-8-6-2/h14,16,19-22,35-36,39-40H,5-13,15,17-18,23-34,37-38,41-50H2,1-4H3,(H,57,61)/b16-14-,21-19-,22-20-. The molecule has 1 saturated carbocycles. The van der Waals surface area contributed by atoms with Crippen molar-refractivity contribution in [2.45, 2.75) is 237 Å². The van der Waals surface area contributed by atoms with Crippen LogP contribution in [0.5, 0.6) is 0 Å². The second-order valence-electron chi connectivity index (χ2n) is 19.3. The molecule has 1 aromatic rings. The van der Waals surface area contributed by atoms with Crippen molar-refractivity contribution < 1.29 is 9.59 Å². The van der Waals surface area contributed by atoms with Crippen LogP contribution in [-0.2, 0) is 21.4 Å². The Morgan fingerprint density at radius 2 is 1.08 bits per heavy atom. The second-order valence-corrected chi connectivity index (χ2v) is 19.3. The SMILES string of the molecule is CCCCC/C=C\C/C=C\CCCCCCCC(=O)N(CCCN(C)C)C1(C(=O)NCCCCCCCC/C=C\CCCCCCCC)CCC2(CCc3ccccc32)CC1. The fourth-order valence-electron chi connectivity index (χ4n) is 10.1. The molecule has 61 heavy (non-hydrogen) atoms. The van der Waals surface area contributed by atoms with Crippen LogP contribution in [-0.4, -0.2) is 60.9 Å². The van der Waals surface area contributed by atoms with E-state index in [9.17, 15) is 9.59 Å². The van der Waals surface area contributed by atoms with E-state index in [1.54, 1.807) is 0 Å². The van der Waals surface area contributed by atoms with Crippen LogP contribution in [0.3, 0.4) is 0 Å². The molecule has 1 spiro atoms. The molecule has 0 bridgehead atoms. The summed E-state index contributed by atoms with van der Waals surface area (Å²) in [5, 5.41) is 3.44. The number of rotatable bonds is 36. The van der Waals surface area contributed by atoms with Crippen LogP contribution in [0.15, 0.2) is 60.7 Å². The van der Waals surface area contributed by atoms with Crippen LogP contribution in [0.1, 0.15) is 230 Å². The van der Waals surface area contributed by atoms with E-state index in [0.717, 1.165) is 83.6 Å². The lowest BCUT2D eigenvalue weighted by Crippen LogP contribution is -2.63. The normalized spacial score (nSPS) is 19.0. The van der Waals surface area contributed by atoms with Crippen molar-refractivity contribution in [3.05, 3.63) is 71.8 Å². The highest BCUT2D eigenvalue weighted by atomic mass is 16.2. The molecule has 0 unspecified atom stereocenters. The van der Waals surface area contributed by atoms with E-state index in [1.165, 1.54) is 140 Å². The highest BCUT2D eigenvalue weighted by Crippen LogP contribution is 2.52. The van der Waals surface area contributed by atoms with Gasteiger partial charge < -0.3 is 15.1 Å². The highest BCUT2D eigenvalue weighted by Gasteiger charge is 2.53. The van der Waals surface area contributed by atoms with E-state index in [0.29, 0.717) is 19.5 Å². The number of nitrogens with zero attached hydrogens (tertiary/aromatic N) is 2. The van der Waals surface area contributed by atoms with Gasteiger partial charge in [0.2, 0.25) is 11.8 Å². The van der Waals surface area contributed by atoms with Gasteiger partial charge >= 0.3 is 0 Å². The quantitative estimate of drug-likeness (QED) is 0.0541. The molecule has 1 N–H and O–H groups in total. The molecule has 0 heterocycles. The van der Waals surface area contributed by atoms with Crippen LogP contribution in [0.25, 0.3) is 0 Å². The Labute approximate surface area is 377 Å². The number of carbonyl (C=O) groups is 2. The molecule has 0 radical (unpaired) electrons. The van der Waals surface area contributed by atoms with Crippen LogP contribution in [0.4, 0.5) is 0 Å². The summed E-state index contributed by atoms with van der Waals surface area (Å²) in [7, 11) is 4.21.